The third-order valence-electron chi connectivity index (χ3n) is 8.88. The Bertz CT molecular complexity index is 685. The minimum absolute atomic E-state index is 0.0409. The maximum absolute atomic E-state index is 13.5. The normalized spacial score (nSPS) is 47.7. The molecule has 0 aromatic rings. The number of cyclic esters (lactones) is 1. The number of carbonyl (C=O) groups excluding carboxylic acids is 1. The zero-order chi connectivity index (χ0) is 21.8. The zero-order valence-electron chi connectivity index (χ0n) is 19.2. The Morgan fingerprint density at radius 1 is 1.23 bits per heavy atom. The predicted molar refractivity (Wildman–Crippen MR) is 114 cm³/mol. The Morgan fingerprint density at radius 2 is 1.97 bits per heavy atom. The number of ether oxygens (including phenoxy) is 2. The molecule has 3 fully saturated rings. The van der Waals surface area contributed by atoms with E-state index >= 15 is 0 Å². The van der Waals surface area contributed by atoms with Crippen LogP contribution in [0.15, 0.2) is 12.2 Å². The van der Waals surface area contributed by atoms with Crippen molar-refractivity contribution in [1.82, 2.24) is 0 Å². The summed E-state index contributed by atoms with van der Waals surface area (Å²) in [5.74, 6) is 0.462. The summed E-state index contributed by atoms with van der Waals surface area (Å²) >= 11 is 0. The Labute approximate surface area is 181 Å². The molecule has 1 saturated heterocycles. The van der Waals surface area contributed by atoms with E-state index in [0.717, 1.165) is 19.3 Å². The smallest absolute Gasteiger partial charge is 0.318 e. The summed E-state index contributed by atoms with van der Waals surface area (Å²) in [6, 6.07) is 0. The van der Waals surface area contributed by atoms with Crippen molar-refractivity contribution in [2.24, 2.45) is 46.3 Å². The van der Waals surface area contributed by atoms with E-state index in [1.165, 1.54) is 6.42 Å². The summed E-state index contributed by atoms with van der Waals surface area (Å²) < 4.78 is 12.6. The van der Waals surface area contributed by atoms with Gasteiger partial charge in [0, 0.05) is 24.4 Å². The number of hydrogen-bond acceptors (Lipinski definition) is 5. The molecule has 0 aromatic carbocycles. The minimum Gasteiger partial charge on any atom is -0.435 e. The summed E-state index contributed by atoms with van der Waals surface area (Å²) in [4.78, 5) is 13.5. The Balaban J connectivity index is 1.70. The van der Waals surface area contributed by atoms with Crippen molar-refractivity contribution < 1.29 is 24.5 Å². The zero-order valence-corrected chi connectivity index (χ0v) is 19.2. The predicted octanol–water partition coefficient (Wildman–Crippen LogP) is 3.92. The highest BCUT2D eigenvalue weighted by molar-refractivity contribution is 5.82. The third-order valence-corrected chi connectivity index (χ3v) is 8.88. The van der Waals surface area contributed by atoms with Crippen LogP contribution in [0, 0.1) is 46.3 Å². The van der Waals surface area contributed by atoms with Crippen molar-refractivity contribution in [3.8, 4) is 0 Å². The third kappa shape index (κ3) is 3.27. The molecule has 30 heavy (non-hydrogen) atoms. The summed E-state index contributed by atoms with van der Waals surface area (Å²) in [7, 11) is 0. The van der Waals surface area contributed by atoms with Crippen LogP contribution in [0.4, 0.5) is 0 Å². The monoisotopic (exact) mass is 420 g/mol. The van der Waals surface area contributed by atoms with Crippen LogP contribution in [0.2, 0.25) is 0 Å². The number of allylic oxidation sites excluding steroid dienone is 1. The van der Waals surface area contributed by atoms with E-state index in [2.05, 4.69) is 40.7 Å². The largest absolute Gasteiger partial charge is 0.435 e. The van der Waals surface area contributed by atoms with Gasteiger partial charge in [-0.3, -0.25) is 4.79 Å². The quantitative estimate of drug-likeness (QED) is 0.532. The fraction of sp³-hybridized carbons (Fsp3) is 0.880. The van der Waals surface area contributed by atoms with Gasteiger partial charge in [-0.05, 0) is 48.9 Å². The number of aliphatic hydroxyl groups is 2. The summed E-state index contributed by atoms with van der Waals surface area (Å²) in [6.07, 6.45) is 7.39. The molecule has 1 unspecified atom stereocenters. The van der Waals surface area contributed by atoms with Crippen molar-refractivity contribution in [3.05, 3.63) is 12.2 Å². The molecule has 3 aliphatic carbocycles. The van der Waals surface area contributed by atoms with Gasteiger partial charge in [-0.1, -0.05) is 53.2 Å². The lowest BCUT2D eigenvalue weighted by atomic mass is 9.47. The molecular weight excluding hydrogens is 380 g/mol. The molecule has 1 aliphatic heterocycles. The molecule has 5 heteroatoms. The Morgan fingerprint density at radius 3 is 2.63 bits per heavy atom. The van der Waals surface area contributed by atoms with Crippen molar-refractivity contribution >= 4 is 5.97 Å². The number of carbonyl (C=O) groups is 1. The molecule has 2 saturated carbocycles. The highest BCUT2D eigenvalue weighted by Gasteiger charge is 2.71. The molecule has 0 aromatic heterocycles. The Kier molecular flexibility index (Phi) is 5.87. The summed E-state index contributed by atoms with van der Waals surface area (Å²) in [5, 5.41) is 21.4. The van der Waals surface area contributed by atoms with Gasteiger partial charge in [0.2, 0.25) is 6.29 Å². The number of esters is 1. The molecule has 2 N–H and O–H groups in total. The second-order valence-electron chi connectivity index (χ2n) is 11.5. The van der Waals surface area contributed by atoms with Crippen LogP contribution < -0.4 is 0 Å². The molecule has 4 aliphatic rings. The van der Waals surface area contributed by atoms with E-state index in [-0.39, 0.29) is 41.8 Å². The summed E-state index contributed by atoms with van der Waals surface area (Å²) in [5.41, 5.74) is -1.15. The van der Waals surface area contributed by atoms with Gasteiger partial charge in [0.15, 0.2) is 0 Å². The first-order valence-electron chi connectivity index (χ1n) is 12.0. The molecule has 4 rings (SSSR count). The fourth-order valence-corrected chi connectivity index (χ4v) is 7.17. The number of rotatable bonds is 4. The van der Waals surface area contributed by atoms with Crippen molar-refractivity contribution in [3.63, 3.8) is 0 Å². The van der Waals surface area contributed by atoms with Crippen LogP contribution in [0.5, 0.6) is 0 Å². The van der Waals surface area contributed by atoms with E-state index in [4.69, 9.17) is 9.47 Å². The topological polar surface area (TPSA) is 76.0 Å². The highest BCUT2D eigenvalue weighted by Crippen LogP contribution is 2.63. The van der Waals surface area contributed by atoms with E-state index in [1.807, 2.05) is 6.08 Å². The lowest BCUT2D eigenvalue weighted by molar-refractivity contribution is -0.203. The van der Waals surface area contributed by atoms with Gasteiger partial charge in [0.25, 0.3) is 0 Å². The molecule has 1 heterocycles. The maximum Gasteiger partial charge on any atom is 0.318 e. The maximum atomic E-state index is 13.5. The fourth-order valence-electron chi connectivity index (χ4n) is 7.17. The van der Waals surface area contributed by atoms with Crippen LogP contribution in [-0.4, -0.2) is 41.3 Å². The summed E-state index contributed by atoms with van der Waals surface area (Å²) in [6.45, 7) is 11.0. The van der Waals surface area contributed by atoms with E-state index < -0.39 is 17.8 Å². The molecular formula is C25H40O5. The van der Waals surface area contributed by atoms with Gasteiger partial charge < -0.3 is 19.7 Å². The number of hydrogen-bond donors (Lipinski definition) is 2. The van der Waals surface area contributed by atoms with Gasteiger partial charge in [-0.2, -0.15) is 0 Å². The lowest BCUT2D eigenvalue weighted by Crippen LogP contribution is -2.61. The molecule has 9 atom stereocenters. The van der Waals surface area contributed by atoms with Crippen LogP contribution in [0.25, 0.3) is 0 Å². The Hall–Kier alpha value is -0.910. The standard InChI is InChI=1S/C25H40O5/c1-14(2)17-8-6-15(3)12-18(17)29-22-21-16(13-26)7-9-19-24(4,5)11-10-20(27)25(19,21)23(28)30-22/h7,9,14-22,26-27H,6,8,10-13H2,1-5H3/t15-,16+,17+,18-,19-,20-,21+,22-,25?/m0/s1. The van der Waals surface area contributed by atoms with Crippen LogP contribution >= 0.6 is 0 Å². The second kappa shape index (κ2) is 7.90. The van der Waals surface area contributed by atoms with Crippen LogP contribution in [-0.2, 0) is 14.3 Å². The number of aliphatic hydroxyl groups excluding tert-OH is 2. The first-order valence-corrected chi connectivity index (χ1v) is 12.0. The molecule has 0 radical (unpaired) electrons. The molecule has 1 spiro atoms. The minimum atomic E-state index is -1.03. The first-order chi connectivity index (χ1) is 14.1. The van der Waals surface area contributed by atoms with Gasteiger partial charge >= 0.3 is 5.97 Å². The molecule has 0 bridgehead atoms. The van der Waals surface area contributed by atoms with E-state index in [0.29, 0.717) is 24.2 Å². The highest BCUT2D eigenvalue weighted by atomic mass is 16.7. The van der Waals surface area contributed by atoms with Gasteiger partial charge in [0.05, 0.1) is 12.2 Å². The average molecular weight is 421 g/mol. The first kappa shape index (κ1) is 22.3. The van der Waals surface area contributed by atoms with Crippen LogP contribution in [0.3, 0.4) is 0 Å². The second-order valence-corrected chi connectivity index (χ2v) is 11.5. The molecule has 0 amide bonds. The lowest BCUT2D eigenvalue weighted by Gasteiger charge is -2.55. The molecule has 5 nitrogen and oxygen atoms in total. The van der Waals surface area contributed by atoms with E-state index in [1.54, 1.807) is 0 Å². The SMILES string of the molecule is CC(C)[C@H]1CC[C@H](C)C[C@@H]1O[C@H]1OC(=O)C23[C@@H]1[C@@H](CO)C=C[C@H]2C(C)(C)CC[C@@H]3O. The van der Waals surface area contributed by atoms with Crippen molar-refractivity contribution in [1.29, 1.82) is 0 Å². The van der Waals surface area contributed by atoms with Gasteiger partial charge in [-0.15, -0.1) is 0 Å². The van der Waals surface area contributed by atoms with E-state index in [9.17, 15) is 15.0 Å². The van der Waals surface area contributed by atoms with Gasteiger partial charge in [0.1, 0.15) is 5.41 Å². The average Bonchev–Trinajstić information content (AvgIpc) is 2.97. The molecule has 170 valence electrons. The van der Waals surface area contributed by atoms with Crippen LogP contribution in [0.1, 0.15) is 66.7 Å². The van der Waals surface area contributed by atoms with Crippen molar-refractivity contribution in [2.45, 2.75) is 85.2 Å². The van der Waals surface area contributed by atoms with Gasteiger partial charge in [-0.25, -0.2) is 0 Å². The van der Waals surface area contributed by atoms with Crippen molar-refractivity contribution in [2.75, 3.05) is 6.61 Å².